The van der Waals surface area contributed by atoms with Gasteiger partial charge in [0, 0.05) is 16.5 Å². The van der Waals surface area contributed by atoms with Crippen LogP contribution in [-0.2, 0) is 0 Å². The first-order valence-corrected chi connectivity index (χ1v) is 10.1. The maximum Gasteiger partial charge on any atom is 0.203 e. The lowest BCUT2D eigenvalue weighted by Crippen LogP contribution is -1.95. The Balaban J connectivity index is 1.88. The van der Waals surface area contributed by atoms with Crippen LogP contribution in [0.2, 0.25) is 0 Å². The predicted molar refractivity (Wildman–Crippen MR) is 125 cm³/mol. The summed E-state index contributed by atoms with van der Waals surface area (Å²) in [5.41, 5.74) is 4.41. The molecule has 0 unspecified atom stereocenters. The molecule has 3 aromatic carbocycles. The Morgan fingerprint density at radius 3 is 2.00 bits per heavy atom. The molecule has 0 saturated carbocycles. The molecule has 0 spiro atoms. The van der Waals surface area contributed by atoms with Crippen molar-refractivity contribution in [3.8, 4) is 46.2 Å². The van der Waals surface area contributed by atoms with Gasteiger partial charge < -0.3 is 23.4 Å². The average Bonchev–Trinajstić information content (AvgIpc) is 3.19. The van der Waals surface area contributed by atoms with Crippen LogP contribution in [0.3, 0.4) is 0 Å². The smallest absolute Gasteiger partial charge is 0.203 e. The van der Waals surface area contributed by atoms with Gasteiger partial charge in [-0.1, -0.05) is 23.5 Å². The van der Waals surface area contributed by atoms with Crippen molar-refractivity contribution >= 4 is 11.0 Å². The Bertz CT molecular complexity index is 1300. The molecule has 4 aromatic rings. The minimum atomic E-state index is 0.531. The Morgan fingerprint density at radius 1 is 0.719 bits per heavy atom. The summed E-state index contributed by atoms with van der Waals surface area (Å²) in [5, 5.41) is 0.968. The Hall–Kier alpha value is -4.04. The normalized spacial score (nSPS) is 10.4. The van der Waals surface area contributed by atoms with Gasteiger partial charge in [-0.05, 0) is 55.5 Å². The number of methoxy groups -OCH3 is 4. The first-order chi connectivity index (χ1) is 15.6. The summed E-state index contributed by atoms with van der Waals surface area (Å²) in [4.78, 5) is 0. The predicted octanol–water partition coefficient (Wildman–Crippen LogP) is 5.84. The van der Waals surface area contributed by atoms with Crippen molar-refractivity contribution in [3.05, 3.63) is 71.3 Å². The zero-order valence-corrected chi connectivity index (χ0v) is 18.7. The van der Waals surface area contributed by atoms with Gasteiger partial charge >= 0.3 is 0 Å². The third-order valence-corrected chi connectivity index (χ3v) is 5.19. The lowest BCUT2D eigenvalue weighted by molar-refractivity contribution is 0.324. The molecule has 0 saturated heterocycles. The number of hydrogen-bond donors (Lipinski definition) is 0. The van der Waals surface area contributed by atoms with Crippen LogP contribution in [0.5, 0.6) is 23.0 Å². The third kappa shape index (κ3) is 3.95. The van der Waals surface area contributed by atoms with Crippen LogP contribution >= 0.6 is 0 Å². The van der Waals surface area contributed by atoms with Crippen LogP contribution < -0.4 is 18.9 Å². The first kappa shape index (κ1) is 21.2. The number of rotatable bonds is 5. The highest BCUT2D eigenvalue weighted by atomic mass is 16.5. The van der Waals surface area contributed by atoms with E-state index in [2.05, 4.69) is 24.8 Å². The minimum Gasteiger partial charge on any atom is -0.497 e. The van der Waals surface area contributed by atoms with E-state index in [0.717, 1.165) is 39.0 Å². The van der Waals surface area contributed by atoms with Crippen LogP contribution in [-0.4, -0.2) is 28.4 Å². The van der Waals surface area contributed by atoms with Crippen LogP contribution in [0.15, 0.2) is 59.0 Å². The van der Waals surface area contributed by atoms with Crippen molar-refractivity contribution in [1.29, 1.82) is 0 Å². The number of benzene rings is 3. The minimum absolute atomic E-state index is 0.531. The fourth-order valence-electron chi connectivity index (χ4n) is 3.57. The van der Waals surface area contributed by atoms with Gasteiger partial charge in [-0.25, -0.2) is 0 Å². The summed E-state index contributed by atoms with van der Waals surface area (Å²) in [6.07, 6.45) is 0. The number of ether oxygens (including phenoxy) is 4. The lowest BCUT2D eigenvalue weighted by Gasteiger charge is -2.12. The zero-order valence-electron chi connectivity index (χ0n) is 18.7. The molecule has 0 N–H and O–H groups in total. The maximum atomic E-state index is 6.22. The van der Waals surface area contributed by atoms with Gasteiger partial charge in [-0.3, -0.25) is 0 Å². The summed E-state index contributed by atoms with van der Waals surface area (Å²) in [5.74, 6) is 9.70. The highest BCUT2D eigenvalue weighted by Crippen LogP contribution is 2.38. The maximum absolute atomic E-state index is 6.22. The Kier molecular flexibility index (Phi) is 5.96. The fourth-order valence-corrected chi connectivity index (χ4v) is 3.57. The third-order valence-electron chi connectivity index (χ3n) is 5.19. The van der Waals surface area contributed by atoms with Crippen molar-refractivity contribution in [2.45, 2.75) is 6.92 Å². The summed E-state index contributed by atoms with van der Waals surface area (Å²) < 4.78 is 27.8. The molecule has 162 valence electrons. The molecule has 1 aromatic heterocycles. The van der Waals surface area contributed by atoms with Gasteiger partial charge in [0.1, 0.15) is 11.3 Å². The van der Waals surface area contributed by atoms with Crippen LogP contribution in [0.1, 0.15) is 16.7 Å². The molecular formula is C27H24O5. The SMILES string of the molecule is COc1ccc(-c2oc3ccc(C)cc3c2C#Cc2cc(OC)c(OC)c(OC)c2)cc1. The van der Waals surface area contributed by atoms with Crippen molar-refractivity contribution in [2.75, 3.05) is 28.4 Å². The lowest BCUT2D eigenvalue weighted by atomic mass is 10.0. The van der Waals surface area contributed by atoms with Gasteiger partial charge in [-0.2, -0.15) is 0 Å². The summed E-state index contributed by atoms with van der Waals surface area (Å²) in [6.45, 7) is 2.05. The molecular weight excluding hydrogens is 404 g/mol. The molecule has 0 radical (unpaired) electrons. The molecule has 0 bridgehead atoms. The van der Waals surface area contributed by atoms with E-state index in [1.807, 2.05) is 48.5 Å². The van der Waals surface area contributed by atoms with Crippen LogP contribution in [0.4, 0.5) is 0 Å². The van der Waals surface area contributed by atoms with Crippen molar-refractivity contribution in [2.24, 2.45) is 0 Å². The standard InChI is InChI=1S/C27H24O5/c1-17-6-13-23-22(14-17)21(26(32-23)19-8-10-20(28-2)11-9-19)12-7-18-15-24(29-3)27(31-5)25(16-18)30-4/h6,8-11,13-16H,1-5H3. The molecule has 0 amide bonds. The molecule has 5 nitrogen and oxygen atoms in total. The van der Waals surface area contributed by atoms with Gasteiger partial charge in [-0.15, -0.1) is 0 Å². The zero-order chi connectivity index (χ0) is 22.7. The molecule has 32 heavy (non-hydrogen) atoms. The number of hydrogen-bond acceptors (Lipinski definition) is 5. The molecule has 1 heterocycles. The van der Waals surface area contributed by atoms with E-state index in [4.69, 9.17) is 23.4 Å². The van der Waals surface area contributed by atoms with Crippen LogP contribution in [0.25, 0.3) is 22.3 Å². The molecule has 0 aliphatic carbocycles. The second kappa shape index (κ2) is 8.99. The molecule has 5 heteroatoms. The molecule has 4 rings (SSSR count). The second-order valence-corrected chi connectivity index (χ2v) is 7.20. The monoisotopic (exact) mass is 428 g/mol. The van der Waals surface area contributed by atoms with E-state index < -0.39 is 0 Å². The second-order valence-electron chi connectivity index (χ2n) is 7.20. The van der Waals surface area contributed by atoms with Crippen LogP contribution in [0, 0.1) is 18.8 Å². The quantitative estimate of drug-likeness (QED) is 0.374. The summed E-state index contributed by atoms with van der Waals surface area (Å²) >= 11 is 0. The largest absolute Gasteiger partial charge is 0.497 e. The molecule has 0 aliphatic rings. The van der Waals surface area contributed by atoms with E-state index in [1.165, 1.54) is 0 Å². The van der Waals surface area contributed by atoms with Crippen molar-refractivity contribution < 1.29 is 23.4 Å². The topological polar surface area (TPSA) is 50.1 Å². The Morgan fingerprint density at radius 2 is 1.41 bits per heavy atom. The van der Waals surface area contributed by atoms with Gasteiger partial charge in [0.05, 0.1) is 34.0 Å². The summed E-state index contributed by atoms with van der Waals surface area (Å²) in [7, 11) is 6.39. The fraction of sp³-hybridized carbons (Fsp3) is 0.185. The van der Waals surface area contributed by atoms with E-state index >= 15 is 0 Å². The first-order valence-electron chi connectivity index (χ1n) is 10.1. The van der Waals surface area contributed by atoms with E-state index in [9.17, 15) is 0 Å². The molecule has 0 atom stereocenters. The number of fused-ring (bicyclic) bond motifs is 1. The number of aryl methyl sites for hydroxylation is 1. The molecule has 0 fully saturated rings. The highest BCUT2D eigenvalue weighted by molar-refractivity contribution is 5.92. The average molecular weight is 428 g/mol. The summed E-state index contributed by atoms with van der Waals surface area (Å²) in [6, 6.07) is 17.5. The van der Waals surface area contributed by atoms with Crippen molar-refractivity contribution in [3.63, 3.8) is 0 Å². The van der Waals surface area contributed by atoms with E-state index in [-0.39, 0.29) is 0 Å². The van der Waals surface area contributed by atoms with E-state index in [0.29, 0.717) is 23.0 Å². The van der Waals surface area contributed by atoms with Gasteiger partial charge in [0.25, 0.3) is 0 Å². The van der Waals surface area contributed by atoms with Gasteiger partial charge in [0.2, 0.25) is 5.75 Å². The molecule has 0 aliphatic heterocycles. The van der Waals surface area contributed by atoms with Crippen molar-refractivity contribution in [1.82, 2.24) is 0 Å². The number of furan rings is 1. The van der Waals surface area contributed by atoms with E-state index in [1.54, 1.807) is 28.4 Å². The highest BCUT2D eigenvalue weighted by Gasteiger charge is 2.16. The Labute approximate surface area is 187 Å². The van der Waals surface area contributed by atoms with Gasteiger partial charge in [0.15, 0.2) is 17.3 Å².